The van der Waals surface area contributed by atoms with Gasteiger partial charge in [-0.2, -0.15) is 0 Å². The van der Waals surface area contributed by atoms with Gasteiger partial charge in [0, 0.05) is 19.0 Å². The van der Waals surface area contributed by atoms with E-state index >= 15 is 0 Å². The maximum Gasteiger partial charge on any atom is 0.410 e. The molecule has 1 amide bonds. The van der Waals surface area contributed by atoms with E-state index in [1.54, 1.807) is 4.90 Å². The SMILES string of the molecule is CCCCCN1C(=O)OCCC1CC(=O)O. The summed E-state index contributed by atoms with van der Waals surface area (Å²) in [7, 11) is 0. The van der Waals surface area contributed by atoms with Crippen LogP contribution in [0, 0.1) is 0 Å². The average Bonchev–Trinajstić information content (AvgIpc) is 2.21. The molecule has 0 aromatic carbocycles. The van der Waals surface area contributed by atoms with Crippen molar-refractivity contribution in [2.75, 3.05) is 13.2 Å². The van der Waals surface area contributed by atoms with Crippen LogP contribution in [0.4, 0.5) is 4.79 Å². The number of hydrogen-bond acceptors (Lipinski definition) is 3. The quantitative estimate of drug-likeness (QED) is 0.706. The number of ether oxygens (including phenoxy) is 1. The standard InChI is InChI=1S/C11H19NO4/c1-2-3-4-6-12-9(8-10(13)14)5-7-16-11(12)15/h9H,2-8H2,1H3,(H,13,14). The maximum atomic E-state index is 11.5. The molecule has 1 rings (SSSR count). The van der Waals surface area contributed by atoms with Gasteiger partial charge in [-0.15, -0.1) is 0 Å². The molecule has 1 fully saturated rings. The number of carbonyl (C=O) groups is 2. The fraction of sp³-hybridized carbons (Fsp3) is 0.818. The van der Waals surface area contributed by atoms with Gasteiger partial charge in [-0.05, 0) is 6.42 Å². The number of carboxylic acid groups (broad SMARTS) is 1. The first kappa shape index (κ1) is 12.8. The molecule has 16 heavy (non-hydrogen) atoms. The van der Waals surface area contributed by atoms with Crippen molar-refractivity contribution in [2.45, 2.75) is 45.1 Å². The number of rotatable bonds is 6. The van der Waals surface area contributed by atoms with Gasteiger partial charge >= 0.3 is 12.1 Å². The Bertz CT molecular complexity index is 254. The Morgan fingerprint density at radius 3 is 2.94 bits per heavy atom. The summed E-state index contributed by atoms with van der Waals surface area (Å²) in [6.07, 6.45) is 3.29. The highest BCUT2D eigenvalue weighted by Gasteiger charge is 2.30. The molecular weight excluding hydrogens is 210 g/mol. The van der Waals surface area contributed by atoms with Gasteiger partial charge < -0.3 is 14.7 Å². The summed E-state index contributed by atoms with van der Waals surface area (Å²) in [4.78, 5) is 23.7. The van der Waals surface area contributed by atoms with Crippen molar-refractivity contribution in [1.82, 2.24) is 4.90 Å². The highest BCUT2D eigenvalue weighted by Crippen LogP contribution is 2.17. The van der Waals surface area contributed by atoms with Crippen LogP contribution in [0.1, 0.15) is 39.0 Å². The molecular formula is C11H19NO4. The number of hydrogen-bond donors (Lipinski definition) is 1. The summed E-state index contributed by atoms with van der Waals surface area (Å²) >= 11 is 0. The van der Waals surface area contributed by atoms with Crippen molar-refractivity contribution in [1.29, 1.82) is 0 Å². The summed E-state index contributed by atoms with van der Waals surface area (Å²) in [5.74, 6) is -0.861. The fourth-order valence-electron chi connectivity index (χ4n) is 1.89. The summed E-state index contributed by atoms with van der Waals surface area (Å²) in [5.41, 5.74) is 0. The third-order valence-electron chi connectivity index (χ3n) is 2.76. The average molecular weight is 229 g/mol. The smallest absolute Gasteiger partial charge is 0.410 e. The molecule has 5 nitrogen and oxygen atoms in total. The first-order valence-electron chi connectivity index (χ1n) is 5.80. The van der Waals surface area contributed by atoms with E-state index in [2.05, 4.69) is 6.92 Å². The molecule has 1 atom stereocenters. The van der Waals surface area contributed by atoms with Crippen molar-refractivity contribution in [3.63, 3.8) is 0 Å². The van der Waals surface area contributed by atoms with E-state index in [4.69, 9.17) is 9.84 Å². The molecule has 1 aliphatic heterocycles. The second-order valence-corrected chi connectivity index (χ2v) is 4.06. The second kappa shape index (κ2) is 6.35. The second-order valence-electron chi connectivity index (χ2n) is 4.06. The van der Waals surface area contributed by atoms with E-state index in [1.807, 2.05) is 0 Å². The lowest BCUT2D eigenvalue weighted by Crippen LogP contribution is -2.47. The van der Waals surface area contributed by atoms with Gasteiger partial charge in [0.1, 0.15) is 0 Å². The molecule has 92 valence electrons. The van der Waals surface area contributed by atoms with Crippen LogP contribution in [-0.4, -0.2) is 41.3 Å². The number of amides is 1. The molecule has 0 aliphatic carbocycles. The highest BCUT2D eigenvalue weighted by atomic mass is 16.6. The topological polar surface area (TPSA) is 66.8 Å². The van der Waals surface area contributed by atoms with E-state index < -0.39 is 5.97 Å². The van der Waals surface area contributed by atoms with Gasteiger partial charge in [-0.3, -0.25) is 4.79 Å². The first-order valence-corrected chi connectivity index (χ1v) is 5.80. The van der Waals surface area contributed by atoms with Crippen molar-refractivity contribution in [3.8, 4) is 0 Å². The third kappa shape index (κ3) is 3.72. The number of carbonyl (C=O) groups excluding carboxylic acids is 1. The van der Waals surface area contributed by atoms with Crippen LogP contribution in [-0.2, 0) is 9.53 Å². The zero-order chi connectivity index (χ0) is 12.0. The molecule has 1 aliphatic rings. The Morgan fingerprint density at radius 2 is 2.31 bits per heavy atom. The van der Waals surface area contributed by atoms with Crippen LogP contribution in [0.25, 0.3) is 0 Å². The molecule has 1 heterocycles. The van der Waals surface area contributed by atoms with Gasteiger partial charge in [-0.25, -0.2) is 4.79 Å². The summed E-state index contributed by atoms with van der Waals surface area (Å²) in [6.45, 7) is 3.02. The predicted octanol–water partition coefficient (Wildman–Crippen LogP) is 1.86. The molecule has 0 radical (unpaired) electrons. The third-order valence-corrected chi connectivity index (χ3v) is 2.76. The van der Waals surface area contributed by atoms with Crippen LogP contribution in [0.3, 0.4) is 0 Å². The van der Waals surface area contributed by atoms with E-state index in [1.165, 1.54) is 0 Å². The van der Waals surface area contributed by atoms with Gasteiger partial charge in [0.05, 0.1) is 13.0 Å². The number of aliphatic carboxylic acids is 1. The Kier molecular flexibility index (Phi) is 5.08. The Hall–Kier alpha value is -1.26. The zero-order valence-electron chi connectivity index (χ0n) is 9.65. The van der Waals surface area contributed by atoms with Crippen LogP contribution in [0.2, 0.25) is 0 Å². The Morgan fingerprint density at radius 1 is 1.56 bits per heavy atom. The normalized spacial score (nSPS) is 20.7. The summed E-state index contributed by atoms with van der Waals surface area (Å²) < 4.78 is 4.93. The number of cyclic esters (lactones) is 1. The monoisotopic (exact) mass is 229 g/mol. The van der Waals surface area contributed by atoms with E-state index in [-0.39, 0.29) is 18.6 Å². The maximum absolute atomic E-state index is 11.5. The summed E-state index contributed by atoms with van der Waals surface area (Å²) in [5, 5.41) is 8.76. The van der Waals surface area contributed by atoms with Crippen LogP contribution >= 0.6 is 0 Å². The van der Waals surface area contributed by atoms with Gasteiger partial charge in [-0.1, -0.05) is 19.8 Å². The largest absolute Gasteiger partial charge is 0.481 e. The minimum atomic E-state index is -0.861. The minimum absolute atomic E-state index is 0.0151. The van der Waals surface area contributed by atoms with Gasteiger partial charge in [0.15, 0.2) is 0 Å². The van der Waals surface area contributed by atoms with Crippen molar-refractivity contribution in [2.24, 2.45) is 0 Å². The molecule has 1 unspecified atom stereocenters. The molecule has 0 spiro atoms. The first-order chi connectivity index (χ1) is 7.65. The molecule has 1 saturated heterocycles. The lowest BCUT2D eigenvalue weighted by atomic mass is 10.1. The molecule has 5 heteroatoms. The van der Waals surface area contributed by atoms with Crippen LogP contribution < -0.4 is 0 Å². The molecule has 0 aromatic heterocycles. The number of unbranched alkanes of at least 4 members (excludes halogenated alkanes) is 2. The Balaban J connectivity index is 2.49. The zero-order valence-corrected chi connectivity index (χ0v) is 9.65. The van der Waals surface area contributed by atoms with Crippen LogP contribution in [0.5, 0.6) is 0 Å². The van der Waals surface area contributed by atoms with Crippen molar-refractivity contribution >= 4 is 12.1 Å². The molecule has 0 bridgehead atoms. The lowest BCUT2D eigenvalue weighted by Gasteiger charge is -2.34. The Labute approximate surface area is 95.4 Å². The highest BCUT2D eigenvalue weighted by molar-refractivity contribution is 5.72. The minimum Gasteiger partial charge on any atom is -0.481 e. The van der Waals surface area contributed by atoms with Crippen LogP contribution in [0.15, 0.2) is 0 Å². The molecule has 0 saturated carbocycles. The predicted molar refractivity (Wildman–Crippen MR) is 58.2 cm³/mol. The van der Waals surface area contributed by atoms with Gasteiger partial charge in [0.25, 0.3) is 0 Å². The fourth-order valence-corrected chi connectivity index (χ4v) is 1.89. The van der Waals surface area contributed by atoms with E-state index in [0.29, 0.717) is 19.6 Å². The molecule has 0 aromatic rings. The lowest BCUT2D eigenvalue weighted by molar-refractivity contribution is -0.138. The van der Waals surface area contributed by atoms with E-state index in [0.717, 1.165) is 19.3 Å². The number of carboxylic acids is 1. The van der Waals surface area contributed by atoms with Crippen molar-refractivity contribution < 1.29 is 19.4 Å². The van der Waals surface area contributed by atoms with Crippen molar-refractivity contribution in [3.05, 3.63) is 0 Å². The number of nitrogens with zero attached hydrogens (tertiary/aromatic N) is 1. The van der Waals surface area contributed by atoms with Gasteiger partial charge in [0.2, 0.25) is 0 Å². The summed E-state index contributed by atoms with van der Waals surface area (Å²) in [6, 6.07) is -0.199. The van der Waals surface area contributed by atoms with E-state index in [9.17, 15) is 9.59 Å². The molecule has 1 N–H and O–H groups in total.